The van der Waals surface area contributed by atoms with Crippen molar-refractivity contribution in [1.82, 2.24) is 19.9 Å². The van der Waals surface area contributed by atoms with Crippen LogP contribution in [0.4, 0.5) is 5.95 Å². The quantitative estimate of drug-likeness (QED) is 0.874. The smallest absolute Gasteiger partial charge is 0.243 e. The number of halogens is 1. The summed E-state index contributed by atoms with van der Waals surface area (Å²) in [6.07, 6.45) is 3.61. The number of amides is 1. The van der Waals surface area contributed by atoms with Crippen LogP contribution in [0, 0.1) is 0 Å². The number of carbonyl (C=O) groups excluding carboxylic acids is 1. The average molecular weight is 310 g/mol. The second-order valence-corrected chi connectivity index (χ2v) is 5.13. The second-order valence-electron chi connectivity index (χ2n) is 4.22. The molecule has 2 N–H and O–H groups in total. The Bertz CT molecular complexity index is 596. The van der Waals surface area contributed by atoms with Crippen LogP contribution in [0.5, 0.6) is 0 Å². The maximum absolute atomic E-state index is 11.6. The molecule has 1 unspecified atom stereocenters. The predicted molar refractivity (Wildman–Crippen MR) is 70.3 cm³/mol. The lowest BCUT2D eigenvalue weighted by Crippen LogP contribution is -2.44. The molecular weight excluding hydrogens is 298 g/mol. The molecule has 3 heterocycles. The van der Waals surface area contributed by atoms with Crippen molar-refractivity contribution in [2.75, 3.05) is 11.9 Å². The van der Waals surface area contributed by atoms with Crippen LogP contribution >= 0.6 is 15.9 Å². The molecule has 6 nitrogen and oxygen atoms in total. The van der Waals surface area contributed by atoms with Crippen LogP contribution in [0.1, 0.15) is 12.8 Å². The van der Waals surface area contributed by atoms with Crippen molar-refractivity contribution in [2.24, 2.45) is 0 Å². The van der Waals surface area contributed by atoms with Crippen molar-refractivity contribution >= 4 is 33.4 Å². The first-order valence-corrected chi connectivity index (χ1v) is 6.58. The van der Waals surface area contributed by atoms with Crippen LogP contribution in [0.2, 0.25) is 0 Å². The van der Waals surface area contributed by atoms with Gasteiger partial charge in [0.1, 0.15) is 6.04 Å². The van der Waals surface area contributed by atoms with Gasteiger partial charge in [0.15, 0.2) is 5.65 Å². The highest BCUT2D eigenvalue weighted by Gasteiger charge is 2.22. The monoisotopic (exact) mass is 309 g/mol. The molecule has 1 atom stereocenters. The van der Waals surface area contributed by atoms with Crippen LogP contribution < -0.4 is 10.6 Å². The first-order valence-electron chi connectivity index (χ1n) is 5.78. The third-order valence-electron chi connectivity index (χ3n) is 2.88. The molecule has 0 radical (unpaired) electrons. The average Bonchev–Trinajstić information content (AvgIpc) is 2.73. The summed E-state index contributed by atoms with van der Waals surface area (Å²) in [5, 5.41) is 10.2. The summed E-state index contributed by atoms with van der Waals surface area (Å²) >= 11 is 3.38. The van der Waals surface area contributed by atoms with E-state index in [4.69, 9.17) is 0 Å². The topological polar surface area (TPSA) is 71.3 Å². The van der Waals surface area contributed by atoms with E-state index in [2.05, 4.69) is 36.6 Å². The Morgan fingerprint density at radius 2 is 2.39 bits per heavy atom. The Morgan fingerprint density at radius 3 is 3.22 bits per heavy atom. The van der Waals surface area contributed by atoms with Gasteiger partial charge in [-0.05, 0) is 40.9 Å². The standard InChI is InChI=1S/C11H12BrN5O/c12-7-3-4-9-15-11(16-17(9)6-7)14-8-2-1-5-13-10(8)18/h3-4,6,8H,1-2,5H2,(H,13,18)(H,14,16). The van der Waals surface area contributed by atoms with Crippen LogP contribution in [-0.4, -0.2) is 33.1 Å². The Hall–Kier alpha value is -1.63. The molecule has 2 aromatic heterocycles. The third kappa shape index (κ3) is 2.17. The van der Waals surface area contributed by atoms with Gasteiger partial charge in [0, 0.05) is 17.2 Å². The number of hydrogen-bond acceptors (Lipinski definition) is 4. The summed E-state index contributed by atoms with van der Waals surface area (Å²) in [5.74, 6) is 0.497. The number of rotatable bonds is 2. The molecule has 2 aromatic rings. The molecule has 18 heavy (non-hydrogen) atoms. The highest BCUT2D eigenvalue weighted by atomic mass is 79.9. The first kappa shape index (κ1) is 11.5. The molecule has 1 aliphatic heterocycles. The number of pyridine rings is 1. The van der Waals surface area contributed by atoms with Gasteiger partial charge in [-0.15, -0.1) is 5.10 Å². The zero-order chi connectivity index (χ0) is 12.5. The molecule has 7 heteroatoms. The molecule has 1 fully saturated rings. The van der Waals surface area contributed by atoms with Gasteiger partial charge in [-0.3, -0.25) is 4.79 Å². The van der Waals surface area contributed by atoms with E-state index in [1.807, 2.05) is 18.3 Å². The van der Waals surface area contributed by atoms with E-state index in [1.165, 1.54) is 0 Å². The molecule has 3 rings (SSSR count). The van der Waals surface area contributed by atoms with Gasteiger partial charge < -0.3 is 10.6 Å². The van der Waals surface area contributed by atoms with Gasteiger partial charge in [-0.2, -0.15) is 4.98 Å². The van der Waals surface area contributed by atoms with E-state index in [0.717, 1.165) is 29.5 Å². The fraction of sp³-hybridized carbons (Fsp3) is 0.364. The minimum Gasteiger partial charge on any atom is -0.354 e. The molecular formula is C11H12BrN5O. The highest BCUT2D eigenvalue weighted by molar-refractivity contribution is 9.10. The van der Waals surface area contributed by atoms with Crippen LogP contribution in [-0.2, 0) is 4.79 Å². The summed E-state index contributed by atoms with van der Waals surface area (Å²) in [6.45, 7) is 0.753. The summed E-state index contributed by atoms with van der Waals surface area (Å²) < 4.78 is 2.61. The lowest BCUT2D eigenvalue weighted by molar-refractivity contribution is -0.123. The van der Waals surface area contributed by atoms with E-state index in [0.29, 0.717) is 5.95 Å². The molecule has 0 saturated carbocycles. The van der Waals surface area contributed by atoms with Crippen molar-refractivity contribution in [1.29, 1.82) is 0 Å². The largest absolute Gasteiger partial charge is 0.354 e. The maximum atomic E-state index is 11.6. The lowest BCUT2D eigenvalue weighted by Gasteiger charge is -2.21. The molecule has 1 aliphatic rings. The zero-order valence-corrected chi connectivity index (χ0v) is 11.1. The molecule has 1 saturated heterocycles. The fourth-order valence-electron chi connectivity index (χ4n) is 1.98. The number of hydrogen-bond donors (Lipinski definition) is 2. The van der Waals surface area contributed by atoms with Crippen LogP contribution in [0.25, 0.3) is 5.65 Å². The number of fused-ring (bicyclic) bond motifs is 1. The van der Waals surface area contributed by atoms with Gasteiger partial charge in [-0.25, -0.2) is 4.52 Å². The number of anilines is 1. The lowest BCUT2D eigenvalue weighted by atomic mass is 10.1. The first-order chi connectivity index (χ1) is 8.72. The van der Waals surface area contributed by atoms with Crippen LogP contribution in [0.15, 0.2) is 22.8 Å². The number of nitrogens with one attached hydrogen (secondary N) is 2. The molecule has 0 bridgehead atoms. The zero-order valence-electron chi connectivity index (χ0n) is 9.56. The number of piperidine rings is 1. The minimum atomic E-state index is -0.236. The number of aromatic nitrogens is 3. The minimum absolute atomic E-state index is 0.0151. The predicted octanol–water partition coefficient (Wildman–Crippen LogP) is 1.18. The summed E-state index contributed by atoms with van der Waals surface area (Å²) in [6, 6.07) is 3.53. The number of carbonyl (C=O) groups is 1. The summed E-state index contributed by atoms with van der Waals surface area (Å²) in [4.78, 5) is 15.9. The SMILES string of the molecule is O=C1NCCCC1Nc1nc2ccc(Br)cn2n1. The van der Waals surface area contributed by atoms with Crippen molar-refractivity contribution < 1.29 is 4.79 Å². The van der Waals surface area contributed by atoms with Gasteiger partial charge in [-0.1, -0.05) is 0 Å². The third-order valence-corrected chi connectivity index (χ3v) is 3.35. The van der Waals surface area contributed by atoms with E-state index >= 15 is 0 Å². The van der Waals surface area contributed by atoms with Gasteiger partial charge >= 0.3 is 0 Å². The Labute approximate surface area is 112 Å². The Balaban J connectivity index is 1.84. The Kier molecular flexibility index (Phi) is 2.91. The fourth-order valence-corrected chi connectivity index (χ4v) is 2.31. The molecule has 0 spiro atoms. The van der Waals surface area contributed by atoms with Crippen molar-refractivity contribution in [3.63, 3.8) is 0 Å². The molecule has 1 amide bonds. The van der Waals surface area contributed by atoms with Crippen molar-refractivity contribution in [2.45, 2.75) is 18.9 Å². The van der Waals surface area contributed by atoms with Crippen molar-refractivity contribution in [3.8, 4) is 0 Å². The van der Waals surface area contributed by atoms with Crippen molar-refractivity contribution in [3.05, 3.63) is 22.8 Å². The summed E-state index contributed by atoms with van der Waals surface area (Å²) in [7, 11) is 0. The number of nitrogens with zero attached hydrogens (tertiary/aromatic N) is 3. The summed E-state index contributed by atoms with van der Waals surface area (Å²) in [5.41, 5.74) is 0.747. The van der Waals surface area contributed by atoms with Crippen LogP contribution in [0.3, 0.4) is 0 Å². The highest BCUT2D eigenvalue weighted by Crippen LogP contribution is 2.14. The maximum Gasteiger partial charge on any atom is 0.243 e. The van der Waals surface area contributed by atoms with Gasteiger partial charge in [0.05, 0.1) is 0 Å². The molecule has 0 aromatic carbocycles. The van der Waals surface area contributed by atoms with Gasteiger partial charge in [0.2, 0.25) is 11.9 Å². The van der Waals surface area contributed by atoms with E-state index in [9.17, 15) is 4.79 Å². The normalized spacial score (nSPS) is 19.8. The Morgan fingerprint density at radius 1 is 1.50 bits per heavy atom. The molecule has 0 aliphatic carbocycles. The van der Waals surface area contributed by atoms with E-state index in [1.54, 1.807) is 4.52 Å². The molecule has 94 valence electrons. The van der Waals surface area contributed by atoms with Gasteiger partial charge in [0.25, 0.3) is 0 Å². The van der Waals surface area contributed by atoms with E-state index in [-0.39, 0.29) is 11.9 Å². The van der Waals surface area contributed by atoms with E-state index < -0.39 is 0 Å². The second kappa shape index (κ2) is 4.56.